The molecule has 0 aromatic heterocycles. The molecule has 396 valence electrons. The van der Waals surface area contributed by atoms with Crippen LogP contribution in [0.5, 0.6) is 0 Å². The van der Waals surface area contributed by atoms with Crippen LogP contribution in [-0.2, 0) is 33.3 Å². The molecule has 0 bridgehead atoms. The fourth-order valence-corrected chi connectivity index (χ4v) is 8.53. The zero-order chi connectivity index (χ0) is 49.2. The van der Waals surface area contributed by atoms with Crippen molar-refractivity contribution in [3.63, 3.8) is 0 Å². The lowest BCUT2D eigenvalue weighted by atomic mass is 10.0. The average Bonchev–Trinajstić information content (AvgIpc) is 3.29. The molecule has 0 aliphatic rings. The topological polar surface area (TPSA) is 111 Å². The van der Waals surface area contributed by atoms with Crippen LogP contribution >= 0.6 is 0 Å². The number of carbonyl (C=O) groups excluding carboxylic acids is 3. The smallest absolute Gasteiger partial charge is 0.306 e. The lowest BCUT2D eigenvalue weighted by Gasteiger charge is -2.26. The number of allylic oxidation sites excluding steroid dienone is 2. The maximum absolute atomic E-state index is 12.7. The van der Waals surface area contributed by atoms with Crippen molar-refractivity contribution in [2.75, 3.05) is 47.5 Å². The Labute approximate surface area is 415 Å². The molecule has 0 aliphatic heterocycles. The highest BCUT2D eigenvalue weighted by atomic mass is 16.7. The summed E-state index contributed by atoms with van der Waals surface area (Å²) in [6.45, 7) is 4.68. The van der Waals surface area contributed by atoms with E-state index in [9.17, 15) is 19.5 Å². The molecule has 0 aromatic carbocycles. The molecule has 0 spiro atoms. The minimum Gasteiger partial charge on any atom is -0.545 e. The van der Waals surface area contributed by atoms with E-state index in [1.165, 1.54) is 205 Å². The summed E-state index contributed by atoms with van der Waals surface area (Å²) < 4.78 is 22.5. The second-order valence-electron chi connectivity index (χ2n) is 20.9. The number of hydrogen-bond donors (Lipinski definition) is 0. The van der Waals surface area contributed by atoms with Crippen molar-refractivity contribution in [2.45, 2.75) is 296 Å². The van der Waals surface area contributed by atoms with E-state index in [0.717, 1.165) is 51.4 Å². The van der Waals surface area contributed by atoms with Crippen molar-refractivity contribution < 1.29 is 42.9 Å². The molecule has 0 fully saturated rings. The molecular formula is C58H111NO8. The van der Waals surface area contributed by atoms with Gasteiger partial charge in [0.1, 0.15) is 13.2 Å². The first-order valence-electron chi connectivity index (χ1n) is 28.8. The summed E-state index contributed by atoms with van der Waals surface area (Å²) in [5, 5.41) is 11.7. The largest absolute Gasteiger partial charge is 0.545 e. The van der Waals surface area contributed by atoms with Crippen LogP contribution in [0.4, 0.5) is 0 Å². The zero-order valence-electron chi connectivity index (χ0n) is 45.0. The van der Waals surface area contributed by atoms with E-state index in [2.05, 4.69) is 26.0 Å². The Morgan fingerprint density at radius 3 is 1.10 bits per heavy atom. The molecule has 2 atom stereocenters. The molecular weight excluding hydrogens is 839 g/mol. The summed E-state index contributed by atoms with van der Waals surface area (Å²) in [6.07, 6.45) is 55.0. The SMILES string of the molecule is CCCCCCCCCC/C=C\CCCCCCCCCCCCCCCCCCCCCCCCCCCC(=O)OC(COC(=O)CCCCCCC)COC(OCC[N+](C)(C)C)C(=O)[O-]. The Morgan fingerprint density at radius 2 is 0.761 bits per heavy atom. The number of carboxylic acids is 1. The summed E-state index contributed by atoms with van der Waals surface area (Å²) in [7, 11) is 5.91. The van der Waals surface area contributed by atoms with E-state index in [1.807, 2.05) is 21.1 Å². The van der Waals surface area contributed by atoms with Gasteiger partial charge in [-0.2, -0.15) is 0 Å². The molecule has 0 aliphatic carbocycles. The number of likely N-dealkylation sites (N-methyl/N-ethyl adjacent to an activating group) is 1. The Bertz CT molecular complexity index is 1110. The first-order chi connectivity index (χ1) is 32.6. The highest BCUT2D eigenvalue weighted by Crippen LogP contribution is 2.17. The van der Waals surface area contributed by atoms with Crippen molar-refractivity contribution in [2.24, 2.45) is 0 Å². The number of rotatable bonds is 54. The van der Waals surface area contributed by atoms with Gasteiger partial charge in [-0.3, -0.25) is 9.59 Å². The van der Waals surface area contributed by atoms with Crippen molar-refractivity contribution in [3.8, 4) is 0 Å². The normalized spacial score (nSPS) is 12.8. The Morgan fingerprint density at radius 1 is 0.433 bits per heavy atom. The van der Waals surface area contributed by atoms with Crippen LogP contribution < -0.4 is 5.11 Å². The molecule has 0 rings (SSSR count). The summed E-state index contributed by atoms with van der Waals surface area (Å²) >= 11 is 0. The highest BCUT2D eigenvalue weighted by molar-refractivity contribution is 5.70. The minimum atomic E-state index is -1.61. The number of quaternary nitrogens is 1. The lowest BCUT2D eigenvalue weighted by Crippen LogP contribution is -2.44. The van der Waals surface area contributed by atoms with Gasteiger partial charge in [-0.1, -0.05) is 244 Å². The van der Waals surface area contributed by atoms with Gasteiger partial charge >= 0.3 is 11.9 Å². The van der Waals surface area contributed by atoms with Crippen molar-refractivity contribution in [1.82, 2.24) is 0 Å². The third kappa shape index (κ3) is 51.7. The quantitative estimate of drug-likeness (QED) is 0.0195. The molecule has 2 unspecified atom stereocenters. The van der Waals surface area contributed by atoms with Crippen LogP contribution in [0.2, 0.25) is 0 Å². The third-order valence-electron chi connectivity index (χ3n) is 13.0. The van der Waals surface area contributed by atoms with E-state index in [4.69, 9.17) is 18.9 Å². The van der Waals surface area contributed by atoms with Crippen LogP contribution in [0, 0.1) is 0 Å². The molecule has 67 heavy (non-hydrogen) atoms. The number of unbranched alkanes of at least 4 members (excludes halogenated alkanes) is 37. The van der Waals surface area contributed by atoms with E-state index >= 15 is 0 Å². The predicted molar refractivity (Wildman–Crippen MR) is 279 cm³/mol. The molecule has 0 aromatic rings. The Kier molecular flexibility index (Phi) is 48.9. The minimum absolute atomic E-state index is 0.151. The predicted octanol–water partition coefficient (Wildman–Crippen LogP) is 15.2. The van der Waals surface area contributed by atoms with E-state index < -0.39 is 24.3 Å². The first kappa shape index (κ1) is 65.0. The first-order valence-corrected chi connectivity index (χ1v) is 28.8. The number of carboxylic acid groups (broad SMARTS) is 1. The molecule has 9 heteroatoms. The van der Waals surface area contributed by atoms with Gasteiger partial charge in [-0.15, -0.1) is 0 Å². The number of esters is 2. The second-order valence-corrected chi connectivity index (χ2v) is 20.9. The average molecular weight is 951 g/mol. The van der Waals surface area contributed by atoms with Gasteiger partial charge in [0.05, 0.1) is 40.3 Å². The molecule has 0 amide bonds. The van der Waals surface area contributed by atoms with E-state index in [1.54, 1.807) is 0 Å². The van der Waals surface area contributed by atoms with Crippen LogP contribution in [-0.4, -0.2) is 82.3 Å². The molecule has 0 N–H and O–H groups in total. The lowest BCUT2D eigenvalue weighted by molar-refractivity contribution is -0.870. The van der Waals surface area contributed by atoms with Gasteiger partial charge in [-0.05, 0) is 38.5 Å². The number of nitrogens with zero attached hydrogens (tertiary/aromatic N) is 1. The summed E-state index contributed by atoms with van der Waals surface area (Å²) in [5.41, 5.74) is 0. The van der Waals surface area contributed by atoms with Crippen LogP contribution in [0.15, 0.2) is 12.2 Å². The number of ether oxygens (including phenoxy) is 4. The Balaban J connectivity index is 3.77. The maximum Gasteiger partial charge on any atom is 0.306 e. The van der Waals surface area contributed by atoms with Gasteiger partial charge in [0.25, 0.3) is 0 Å². The maximum atomic E-state index is 12.7. The highest BCUT2D eigenvalue weighted by Gasteiger charge is 2.22. The molecule has 0 saturated carbocycles. The Hall–Kier alpha value is -1.97. The van der Waals surface area contributed by atoms with Gasteiger partial charge < -0.3 is 33.3 Å². The standard InChI is InChI=1S/C58H111NO8/c1-6-8-10-12-13-14-15-16-17-18-19-20-21-22-23-24-25-26-27-28-29-30-31-32-33-34-35-36-37-38-39-40-41-42-43-45-47-49-56(61)67-54(52-65-55(60)48-46-44-11-9-7-2)53-66-58(57(62)63)64-51-50-59(3,4)5/h18-19,54,58H,6-17,20-53H2,1-5H3/b19-18-. The molecule has 0 saturated heterocycles. The molecule has 0 heterocycles. The third-order valence-corrected chi connectivity index (χ3v) is 13.0. The van der Waals surface area contributed by atoms with Crippen LogP contribution in [0.1, 0.15) is 284 Å². The number of hydrogen-bond acceptors (Lipinski definition) is 8. The van der Waals surface area contributed by atoms with Crippen molar-refractivity contribution in [3.05, 3.63) is 12.2 Å². The monoisotopic (exact) mass is 950 g/mol. The molecule has 9 nitrogen and oxygen atoms in total. The van der Waals surface area contributed by atoms with Gasteiger partial charge in [0, 0.05) is 12.8 Å². The number of carbonyl (C=O) groups is 3. The fraction of sp³-hybridized carbons (Fsp3) is 0.914. The van der Waals surface area contributed by atoms with Crippen LogP contribution in [0.3, 0.4) is 0 Å². The van der Waals surface area contributed by atoms with Crippen molar-refractivity contribution in [1.29, 1.82) is 0 Å². The zero-order valence-corrected chi connectivity index (χ0v) is 45.0. The van der Waals surface area contributed by atoms with E-state index in [0.29, 0.717) is 17.4 Å². The molecule has 0 radical (unpaired) electrons. The second kappa shape index (κ2) is 50.4. The van der Waals surface area contributed by atoms with Crippen LogP contribution in [0.25, 0.3) is 0 Å². The van der Waals surface area contributed by atoms with Gasteiger partial charge in [0.15, 0.2) is 12.4 Å². The van der Waals surface area contributed by atoms with Gasteiger partial charge in [-0.25, -0.2) is 0 Å². The fourth-order valence-electron chi connectivity index (χ4n) is 8.53. The van der Waals surface area contributed by atoms with Crippen molar-refractivity contribution >= 4 is 17.9 Å². The summed E-state index contributed by atoms with van der Waals surface area (Å²) in [6, 6.07) is 0. The number of aliphatic carboxylic acids is 1. The van der Waals surface area contributed by atoms with E-state index in [-0.39, 0.29) is 32.2 Å². The summed E-state index contributed by atoms with van der Waals surface area (Å²) in [4.78, 5) is 36.7. The summed E-state index contributed by atoms with van der Waals surface area (Å²) in [5.74, 6) is -2.28. The van der Waals surface area contributed by atoms with Gasteiger partial charge in [0.2, 0.25) is 0 Å².